The van der Waals surface area contributed by atoms with Crippen LogP contribution in [-0.4, -0.2) is 11.2 Å². The first-order valence-corrected chi connectivity index (χ1v) is 13.6. The van der Waals surface area contributed by atoms with Crippen LogP contribution >= 0.6 is 0 Å². The van der Waals surface area contributed by atoms with Crippen molar-refractivity contribution in [2.75, 3.05) is 0 Å². The van der Waals surface area contributed by atoms with Crippen LogP contribution < -0.4 is 0 Å². The van der Waals surface area contributed by atoms with Gasteiger partial charge in [0.2, 0.25) is 0 Å². The smallest absolute Gasteiger partial charge is 0.0543 e. The van der Waals surface area contributed by atoms with E-state index in [1.807, 2.05) is 0 Å². The van der Waals surface area contributed by atoms with Gasteiger partial charge in [-0.3, -0.25) is 0 Å². The maximum absolute atomic E-state index is 10.3. The van der Waals surface area contributed by atoms with Crippen molar-refractivity contribution in [1.29, 1.82) is 0 Å². The molecule has 4 fully saturated rings. The standard InChI is InChI=1S/C29H50O/c1-7-21(19(2)3)9-8-20(4)25-12-13-26-24-11-10-22-18-23(30)14-16-28(22,5)27(24)15-17-29(25,26)6/h8-9,19-27,30H,7,10-18H2,1-6H3/b9-8+/t20-,21+,22?,23+,24?,25?,26?,27?,28+,29-/m1/s1. The number of aliphatic hydroxyl groups excluding tert-OH is 1. The molecule has 0 aliphatic heterocycles. The molecule has 0 aromatic rings. The molecule has 0 bridgehead atoms. The van der Waals surface area contributed by atoms with Gasteiger partial charge in [-0.2, -0.15) is 0 Å². The van der Waals surface area contributed by atoms with Crippen LogP contribution in [0, 0.1) is 58.2 Å². The summed E-state index contributed by atoms with van der Waals surface area (Å²) in [6.07, 6.45) is 18.5. The molecule has 1 heteroatoms. The predicted octanol–water partition coefficient (Wildman–Crippen LogP) is 7.88. The third-order valence-electron chi connectivity index (χ3n) is 11.3. The highest BCUT2D eigenvalue weighted by Gasteiger charge is 2.60. The van der Waals surface area contributed by atoms with E-state index in [4.69, 9.17) is 0 Å². The Balaban J connectivity index is 1.49. The minimum absolute atomic E-state index is 0.0187. The summed E-state index contributed by atoms with van der Waals surface area (Å²) in [5.74, 6) is 6.72. The largest absolute Gasteiger partial charge is 0.393 e. The van der Waals surface area contributed by atoms with Gasteiger partial charge in [0.25, 0.3) is 0 Å². The van der Waals surface area contributed by atoms with E-state index < -0.39 is 0 Å². The molecule has 5 unspecified atom stereocenters. The summed E-state index contributed by atoms with van der Waals surface area (Å²) >= 11 is 0. The number of hydrogen-bond acceptors (Lipinski definition) is 1. The van der Waals surface area contributed by atoms with Gasteiger partial charge in [-0.05, 0) is 122 Å². The number of fused-ring (bicyclic) bond motifs is 5. The van der Waals surface area contributed by atoms with Crippen LogP contribution in [0.4, 0.5) is 0 Å². The number of hydrogen-bond donors (Lipinski definition) is 1. The molecule has 1 N–H and O–H groups in total. The highest BCUT2D eigenvalue weighted by molar-refractivity contribution is 5.11. The molecule has 0 spiro atoms. The SMILES string of the molecule is CC[C@@H](/C=C/[C@@H](C)C1CCC2C3CCC4C[C@@H](O)CC[C@]4(C)C3CC[C@@]21C)C(C)C. The summed E-state index contributed by atoms with van der Waals surface area (Å²) in [7, 11) is 0. The zero-order valence-electron chi connectivity index (χ0n) is 20.9. The molecule has 4 aliphatic carbocycles. The summed E-state index contributed by atoms with van der Waals surface area (Å²) < 4.78 is 0. The molecule has 4 aliphatic rings. The molecule has 4 rings (SSSR count). The maximum Gasteiger partial charge on any atom is 0.0543 e. The zero-order valence-corrected chi connectivity index (χ0v) is 20.9. The van der Waals surface area contributed by atoms with Gasteiger partial charge in [0.15, 0.2) is 0 Å². The van der Waals surface area contributed by atoms with Crippen LogP contribution in [0.5, 0.6) is 0 Å². The molecule has 4 saturated carbocycles. The molecule has 1 nitrogen and oxygen atoms in total. The molecule has 0 amide bonds. The van der Waals surface area contributed by atoms with Crippen molar-refractivity contribution in [3.8, 4) is 0 Å². The zero-order chi connectivity index (χ0) is 21.7. The van der Waals surface area contributed by atoms with Crippen LogP contribution in [-0.2, 0) is 0 Å². The fourth-order valence-corrected chi connectivity index (χ4v) is 9.42. The Morgan fingerprint density at radius 1 is 0.867 bits per heavy atom. The first kappa shape index (κ1) is 22.9. The summed E-state index contributed by atoms with van der Waals surface area (Å²) in [4.78, 5) is 0. The van der Waals surface area contributed by atoms with Gasteiger partial charge in [0.05, 0.1) is 6.10 Å². The van der Waals surface area contributed by atoms with Gasteiger partial charge in [-0.1, -0.05) is 53.7 Å². The molecule has 0 heterocycles. The van der Waals surface area contributed by atoms with E-state index in [9.17, 15) is 5.11 Å². The predicted molar refractivity (Wildman–Crippen MR) is 128 cm³/mol. The Hall–Kier alpha value is -0.300. The van der Waals surface area contributed by atoms with Crippen molar-refractivity contribution in [1.82, 2.24) is 0 Å². The van der Waals surface area contributed by atoms with E-state index in [0.29, 0.717) is 10.8 Å². The molecular weight excluding hydrogens is 364 g/mol. The van der Waals surface area contributed by atoms with E-state index >= 15 is 0 Å². The van der Waals surface area contributed by atoms with Crippen molar-refractivity contribution >= 4 is 0 Å². The van der Waals surface area contributed by atoms with Crippen LogP contribution in [0.2, 0.25) is 0 Å². The van der Waals surface area contributed by atoms with Gasteiger partial charge in [0, 0.05) is 0 Å². The Kier molecular flexibility index (Phi) is 6.53. The van der Waals surface area contributed by atoms with E-state index in [0.717, 1.165) is 60.2 Å². The minimum atomic E-state index is -0.0187. The Morgan fingerprint density at radius 2 is 1.57 bits per heavy atom. The molecule has 0 aromatic carbocycles. The molecular formula is C29H50O. The monoisotopic (exact) mass is 414 g/mol. The first-order chi connectivity index (χ1) is 14.2. The third kappa shape index (κ3) is 3.74. The Labute approximate surface area is 187 Å². The molecule has 0 radical (unpaired) electrons. The number of allylic oxidation sites excluding steroid dienone is 2. The fourth-order valence-electron chi connectivity index (χ4n) is 9.42. The maximum atomic E-state index is 10.3. The van der Waals surface area contributed by atoms with Crippen LogP contribution in [0.25, 0.3) is 0 Å². The van der Waals surface area contributed by atoms with Gasteiger partial charge in [0.1, 0.15) is 0 Å². The molecule has 0 aromatic heterocycles. The van der Waals surface area contributed by atoms with Crippen LogP contribution in [0.15, 0.2) is 12.2 Å². The molecule has 172 valence electrons. The lowest BCUT2D eigenvalue weighted by molar-refractivity contribution is -0.128. The van der Waals surface area contributed by atoms with Gasteiger partial charge < -0.3 is 5.11 Å². The van der Waals surface area contributed by atoms with Gasteiger partial charge in [-0.15, -0.1) is 0 Å². The van der Waals surface area contributed by atoms with E-state index in [1.54, 1.807) is 0 Å². The summed E-state index contributed by atoms with van der Waals surface area (Å²) in [5.41, 5.74) is 1.07. The summed E-state index contributed by atoms with van der Waals surface area (Å²) in [6.45, 7) is 14.9. The lowest BCUT2D eigenvalue weighted by atomic mass is 9.44. The van der Waals surface area contributed by atoms with Crippen LogP contribution in [0.3, 0.4) is 0 Å². The molecule has 0 saturated heterocycles. The second-order valence-corrected chi connectivity index (χ2v) is 12.9. The first-order valence-electron chi connectivity index (χ1n) is 13.6. The Morgan fingerprint density at radius 3 is 2.27 bits per heavy atom. The number of rotatable bonds is 5. The fraction of sp³-hybridized carbons (Fsp3) is 0.931. The van der Waals surface area contributed by atoms with Crippen molar-refractivity contribution in [3.05, 3.63) is 12.2 Å². The van der Waals surface area contributed by atoms with Crippen LogP contribution in [0.1, 0.15) is 106 Å². The van der Waals surface area contributed by atoms with Crippen molar-refractivity contribution in [2.24, 2.45) is 58.2 Å². The highest BCUT2D eigenvalue weighted by Crippen LogP contribution is 2.68. The van der Waals surface area contributed by atoms with Gasteiger partial charge in [-0.25, -0.2) is 0 Å². The van der Waals surface area contributed by atoms with E-state index in [1.165, 1.54) is 51.4 Å². The highest BCUT2D eigenvalue weighted by atomic mass is 16.3. The van der Waals surface area contributed by atoms with Gasteiger partial charge >= 0.3 is 0 Å². The molecule has 30 heavy (non-hydrogen) atoms. The third-order valence-corrected chi connectivity index (χ3v) is 11.3. The van der Waals surface area contributed by atoms with Crippen molar-refractivity contribution < 1.29 is 5.11 Å². The van der Waals surface area contributed by atoms with E-state index in [-0.39, 0.29) is 6.10 Å². The lowest BCUT2D eigenvalue weighted by Gasteiger charge is -2.61. The van der Waals surface area contributed by atoms with Crippen molar-refractivity contribution in [3.63, 3.8) is 0 Å². The normalized spacial score (nSPS) is 48.3. The lowest BCUT2D eigenvalue weighted by Crippen LogP contribution is -2.54. The topological polar surface area (TPSA) is 20.2 Å². The quantitative estimate of drug-likeness (QED) is 0.454. The molecule has 10 atom stereocenters. The summed E-state index contributed by atoms with van der Waals surface area (Å²) in [5, 5.41) is 10.3. The Bertz CT molecular complexity index is 622. The second-order valence-electron chi connectivity index (χ2n) is 12.9. The average molecular weight is 415 g/mol. The number of aliphatic hydroxyl groups is 1. The second kappa shape index (κ2) is 8.57. The van der Waals surface area contributed by atoms with Crippen molar-refractivity contribution in [2.45, 2.75) is 112 Å². The van der Waals surface area contributed by atoms with E-state index in [2.05, 4.69) is 53.7 Å². The average Bonchev–Trinajstić information content (AvgIpc) is 3.06. The summed E-state index contributed by atoms with van der Waals surface area (Å²) in [6, 6.07) is 0. The minimum Gasteiger partial charge on any atom is -0.393 e.